The molecular formula is C8H8ClNaO3S. The Kier molecular flexibility index (Phi) is 11.7. The number of hydrogen-bond acceptors (Lipinski definition) is 3. The second-order valence-electron chi connectivity index (χ2n) is 2.07. The SMILES string of the molecule is CS(=O)[O-].O=Cc1ccc(Cl)cc1.[Na+]. The fourth-order valence-electron chi connectivity index (χ4n) is 0.541. The molecule has 72 valence electrons. The Morgan fingerprint density at radius 1 is 1.36 bits per heavy atom. The molecule has 0 saturated carbocycles. The van der Waals surface area contributed by atoms with Crippen LogP contribution >= 0.6 is 11.6 Å². The van der Waals surface area contributed by atoms with Crippen LogP contribution in [0.15, 0.2) is 24.3 Å². The molecule has 0 amide bonds. The molecule has 0 spiro atoms. The van der Waals surface area contributed by atoms with E-state index in [0.717, 1.165) is 12.5 Å². The van der Waals surface area contributed by atoms with Crippen LogP contribution in [0.2, 0.25) is 5.02 Å². The fourth-order valence-corrected chi connectivity index (χ4v) is 0.667. The summed E-state index contributed by atoms with van der Waals surface area (Å²) in [5.41, 5.74) is 0.652. The average molecular weight is 243 g/mol. The number of carbonyl (C=O) groups excluding carboxylic acids is 1. The van der Waals surface area contributed by atoms with Gasteiger partial charge in [-0.05, 0) is 18.4 Å². The van der Waals surface area contributed by atoms with Crippen LogP contribution in [0, 0.1) is 0 Å². The normalized spacial score (nSPS) is 10.2. The fraction of sp³-hybridized carbons (Fsp3) is 0.125. The first-order chi connectivity index (χ1) is 6.06. The molecule has 0 aliphatic rings. The van der Waals surface area contributed by atoms with Gasteiger partial charge in [0.1, 0.15) is 6.29 Å². The summed E-state index contributed by atoms with van der Waals surface area (Å²) in [7, 11) is 0. The van der Waals surface area contributed by atoms with E-state index in [1.54, 1.807) is 24.3 Å². The maximum Gasteiger partial charge on any atom is 1.00 e. The minimum Gasteiger partial charge on any atom is -0.773 e. The van der Waals surface area contributed by atoms with E-state index in [1.165, 1.54) is 0 Å². The Bertz CT molecular complexity index is 285. The first-order valence-electron chi connectivity index (χ1n) is 3.28. The molecule has 1 aromatic carbocycles. The molecule has 0 saturated heterocycles. The van der Waals surface area contributed by atoms with Crippen molar-refractivity contribution in [2.24, 2.45) is 0 Å². The molecule has 3 nitrogen and oxygen atoms in total. The number of rotatable bonds is 1. The molecule has 14 heavy (non-hydrogen) atoms. The van der Waals surface area contributed by atoms with Gasteiger partial charge in [0, 0.05) is 10.6 Å². The van der Waals surface area contributed by atoms with E-state index in [-0.39, 0.29) is 29.6 Å². The molecule has 0 aromatic heterocycles. The molecule has 0 bridgehead atoms. The van der Waals surface area contributed by atoms with Crippen LogP contribution in [0.3, 0.4) is 0 Å². The van der Waals surface area contributed by atoms with E-state index in [2.05, 4.69) is 0 Å². The molecule has 1 unspecified atom stereocenters. The van der Waals surface area contributed by atoms with Crippen LogP contribution < -0.4 is 29.6 Å². The zero-order valence-corrected chi connectivity index (χ0v) is 11.5. The summed E-state index contributed by atoms with van der Waals surface area (Å²) in [6.45, 7) is 0. The third-order valence-corrected chi connectivity index (χ3v) is 1.26. The van der Waals surface area contributed by atoms with Crippen molar-refractivity contribution in [3.63, 3.8) is 0 Å². The Labute approximate surface area is 112 Å². The van der Waals surface area contributed by atoms with Crippen molar-refractivity contribution in [1.29, 1.82) is 0 Å². The summed E-state index contributed by atoms with van der Waals surface area (Å²) in [6, 6.07) is 6.72. The van der Waals surface area contributed by atoms with Crippen molar-refractivity contribution >= 4 is 29.0 Å². The predicted molar refractivity (Wildman–Crippen MR) is 51.7 cm³/mol. The molecular weight excluding hydrogens is 235 g/mol. The number of hydrogen-bond donors (Lipinski definition) is 0. The van der Waals surface area contributed by atoms with E-state index in [0.29, 0.717) is 10.6 Å². The minimum atomic E-state index is -1.86. The van der Waals surface area contributed by atoms with E-state index >= 15 is 0 Å². The number of benzene rings is 1. The summed E-state index contributed by atoms with van der Waals surface area (Å²) in [5.74, 6) is 0. The van der Waals surface area contributed by atoms with Gasteiger partial charge in [-0.25, -0.2) is 0 Å². The topological polar surface area (TPSA) is 57.2 Å². The smallest absolute Gasteiger partial charge is 0.773 e. The van der Waals surface area contributed by atoms with Gasteiger partial charge < -0.3 is 4.55 Å². The third-order valence-electron chi connectivity index (χ3n) is 1.01. The summed E-state index contributed by atoms with van der Waals surface area (Å²) in [6.07, 6.45) is 1.87. The van der Waals surface area contributed by atoms with Crippen LogP contribution in [0.1, 0.15) is 10.4 Å². The molecule has 0 heterocycles. The predicted octanol–water partition coefficient (Wildman–Crippen LogP) is -1.35. The second kappa shape index (κ2) is 9.83. The molecule has 1 atom stereocenters. The summed E-state index contributed by atoms with van der Waals surface area (Å²) >= 11 is 3.69. The summed E-state index contributed by atoms with van der Waals surface area (Å²) < 4.78 is 18.0. The van der Waals surface area contributed by atoms with E-state index < -0.39 is 11.1 Å². The van der Waals surface area contributed by atoms with Gasteiger partial charge in [-0.2, -0.15) is 0 Å². The van der Waals surface area contributed by atoms with Crippen LogP contribution in [0.5, 0.6) is 0 Å². The van der Waals surface area contributed by atoms with Crippen molar-refractivity contribution in [2.45, 2.75) is 0 Å². The Morgan fingerprint density at radius 2 is 1.71 bits per heavy atom. The first kappa shape index (κ1) is 16.7. The molecule has 1 rings (SSSR count). The van der Waals surface area contributed by atoms with Crippen molar-refractivity contribution in [2.75, 3.05) is 6.26 Å². The Morgan fingerprint density at radius 3 is 2.00 bits per heavy atom. The standard InChI is InChI=1S/C7H5ClO.CH4O2S.Na/c8-7-3-1-6(5-9)2-4-7;1-4(2)3;/h1-5H;1H3,(H,2,3);/q;;+1/p-1. The van der Waals surface area contributed by atoms with Gasteiger partial charge in [0.25, 0.3) is 0 Å². The van der Waals surface area contributed by atoms with Crippen molar-refractivity contribution in [3.05, 3.63) is 34.9 Å². The molecule has 0 fully saturated rings. The minimum absolute atomic E-state index is 0. The van der Waals surface area contributed by atoms with Crippen molar-refractivity contribution in [1.82, 2.24) is 0 Å². The molecule has 0 aliphatic heterocycles. The van der Waals surface area contributed by atoms with Gasteiger partial charge in [0.05, 0.1) is 0 Å². The largest absolute Gasteiger partial charge is 1.00 e. The summed E-state index contributed by atoms with van der Waals surface area (Å²) in [4.78, 5) is 10.1. The Balaban J connectivity index is 0. The van der Waals surface area contributed by atoms with Crippen molar-refractivity contribution < 1.29 is 43.1 Å². The maximum atomic E-state index is 10.1. The van der Waals surface area contributed by atoms with Gasteiger partial charge in [-0.3, -0.25) is 9.00 Å². The van der Waals surface area contributed by atoms with Crippen LogP contribution in [-0.2, 0) is 11.1 Å². The maximum absolute atomic E-state index is 10.1. The molecule has 0 radical (unpaired) electrons. The third kappa shape index (κ3) is 10.4. The summed E-state index contributed by atoms with van der Waals surface area (Å²) in [5, 5.41) is 0.653. The van der Waals surface area contributed by atoms with Crippen molar-refractivity contribution in [3.8, 4) is 0 Å². The zero-order valence-electron chi connectivity index (χ0n) is 7.90. The van der Waals surface area contributed by atoms with Crippen LogP contribution in [0.25, 0.3) is 0 Å². The van der Waals surface area contributed by atoms with Gasteiger partial charge >= 0.3 is 29.6 Å². The van der Waals surface area contributed by atoms with Gasteiger partial charge in [0.2, 0.25) is 0 Å². The average Bonchev–Trinajstić information content (AvgIpc) is 2.05. The Hall–Kier alpha value is 0.290. The number of halogens is 1. The second-order valence-corrected chi connectivity index (χ2v) is 3.31. The van der Waals surface area contributed by atoms with E-state index in [9.17, 15) is 4.79 Å². The quantitative estimate of drug-likeness (QED) is 0.348. The van der Waals surface area contributed by atoms with E-state index in [1.807, 2.05) is 0 Å². The van der Waals surface area contributed by atoms with Gasteiger partial charge in [-0.15, -0.1) is 0 Å². The van der Waals surface area contributed by atoms with Crippen LogP contribution in [0.4, 0.5) is 0 Å². The molecule has 1 aromatic rings. The molecule has 0 N–H and O–H groups in total. The first-order valence-corrected chi connectivity index (χ1v) is 5.14. The van der Waals surface area contributed by atoms with Gasteiger partial charge in [-0.1, -0.05) is 34.8 Å². The number of aldehydes is 1. The van der Waals surface area contributed by atoms with E-state index in [4.69, 9.17) is 20.4 Å². The molecule has 6 heteroatoms. The van der Waals surface area contributed by atoms with Gasteiger partial charge in [0.15, 0.2) is 0 Å². The van der Waals surface area contributed by atoms with Crippen LogP contribution in [-0.4, -0.2) is 21.3 Å². The number of carbonyl (C=O) groups is 1. The zero-order chi connectivity index (χ0) is 10.3. The molecule has 0 aliphatic carbocycles. The monoisotopic (exact) mass is 242 g/mol.